The van der Waals surface area contributed by atoms with Crippen molar-refractivity contribution in [2.75, 3.05) is 0 Å². The van der Waals surface area contributed by atoms with Gasteiger partial charge in [0.05, 0.1) is 0 Å². The molecule has 4 heteroatoms. The minimum absolute atomic E-state index is 0.0907. The summed E-state index contributed by atoms with van der Waals surface area (Å²) >= 11 is 0. The molecule has 0 heterocycles. The fourth-order valence-corrected chi connectivity index (χ4v) is 4.48. The van der Waals surface area contributed by atoms with Crippen molar-refractivity contribution in [3.05, 3.63) is 103 Å². The van der Waals surface area contributed by atoms with E-state index in [4.69, 9.17) is 0 Å². The van der Waals surface area contributed by atoms with Crippen LogP contribution in [-0.2, 0) is 10.1 Å². The Balaban J connectivity index is 2.19. The van der Waals surface area contributed by atoms with Crippen LogP contribution in [0.5, 0.6) is 0 Å². The predicted molar refractivity (Wildman–Crippen MR) is 117 cm³/mol. The van der Waals surface area contributed by atoms with Crippen molar-refractivity contribution >= 4 is 10.1 Å². The number of benzene rings is 4. The Kier molecular flexibility index (Phi) is 5.05. The minimum Gasteiger partial charge on any atom is -0.282 e. The lowest BCUT2D eigenvalue weighted by molar-refractivity contribution is 0.483. The van der Waals surface area contributed by atoms with Crippen molar-refractivity contribution in [2.24, 2.45) is 0 Å². The summed E-state index contributed by atoms with van der Waals surface area (Å²) in [7, 11) is -4.46. The summed E-state index contributed by atoms with van der Waals surface area (Å²) in [6, 6.07) is 30.2. The third-order valence-electron chi connectivity index (χ3n) is 5.04. The minimum atomic E-state index is -4.46. The van der Waals surface area contributed by atoms with Crippen molar-refractivity contribution in [2.45, 2.75) is 11.8 Å². The van der Waals surface area contributed by atoms with Crippen molar-refractivity contribution in [3.8, 4) is 33.4 Å². The second-order valence-corrected chi connectivity index (χ2v) is 8.26. The van der Waals surface area contributed by atoms with E-state index in [1.165, 1.54) is 0 Å². The smallest absolute Gasteiger partial charge is 0.282 e. The first-order chi connectivity index (χ1) is 14.0. The van der Waals surface area contributed by atoms with Crippen molar-refractivity contribution in [1.82, 2.24) is 0 Å². The maximum Gasteiger partial charge on any atom is 0.295 e. The zero-order valence-corrected chi connectivity index (χ0v) is 16.7. The Morgan fingerprint density at radius 1 is 0.621 bits per heavy atom. The van der Waals surface area contributed by atoms with Gasteiger partial charge in [0.2, 0.25) is 0 Å². The molecule has 0 aromatic heterocycles. The van der Waals surface area contributed by atoms with Gasteiger partial charge in [0.15, 0.2) is 0 Å². The van der Waals surface area contributed by atoms with E-state index in [0.29, 0.717) is 5.56 Å². The van der Waals surface area contributed by atoms with E-state index in [0.717, 1.165) is 33.4 Å². The molecule has 0 amide bonds. The monoisotopic (exact) mass is 400 g/mol. The number of hydrogen-bond donors (Lipinski definition) is 1. The SMILES string of the molecule is Cc1c(-c2ccccc2)cc(S(=O)(=O)O)c(-c2ccccc2)c1-c1ccccc1. The van der Waals surface area contributed by atoms with Gasteiger partial charge in [0, 0.05) is 5.56 Å². The molecule has 0 saturated carbocycles. The molecule has 0 unspecified atom stereocenters. The van der Waals surface area contributed by atoms with Crippen molar-refractivity contribution < 1.29 is 13.0 Å². The van der Waals surface area contributed by atoms with Crippen molar-refractivity contribution in [1.29, 1.82) is 0 Å². The Morgan fingerprint density at radius 3 is 1.48 bits per heavy atom. The van der Waals surface area contributed by atoms with Gasteiger partial charge >= 0.3 is 0 Å². The van der Waals surface area contributed by atoms with Gasteiger partial charge in [-0.25, -0.2) is 0 Å². The van der Waals surface area contributed by atoms with Gasteiger partial charge < -0.3 is 0 Å². The summed E-state index contributed by atoms with van der Waals surface area (Å²) in [6.45, 7) is 1.99. The van der Waals surface area contributed by atoms with Crippen LogP contribution in [0, 0.1) is 6.92 Å². The molecule has 144 valence electrons. The van der Waals surface area contributed by atoms with Gasteiger partial charge in [-0.3, -0.25) is 4.55 Å². The van der Waals surface area contributed by atoms with E-state index in [9.17, 15) is 13.0 Å². The van der Waals surface area contributed by atoms with Crippen LogP contribution in [0.4, 0.5) is 0 Å². The lowest BCUT2D eigenvalue weighted by Crippen LogP contribution is -2.05. The largest absolute Gasteiger partial charge is 0.295 e. The Bertz CT molecular complexity index is 1250. The highest BCUT2D eigenvalue weighted by molar-refractivity contribution is 7.86. The highest BCUT2D eigenvalue weighted by atomic mass is 32.2. The third-order valence-corrected chi connectivity index (χ3v) is 5.92. The van der Waals surface area contributed by atoms with Crippen LogP contribution in [0.3, 0.4) is 0 Å². The maximum atomic E-state index is 12.5. The quantitative estimate of drug-likeness (QED) is 0.412. The normalized spacial score (nSPS) is 11.4. The molecule has 0 atom stereocenters. The van der Waals surface area contributed by atoms with E-state index >= 15 is 0 Å². The zero-order valence-electron chi connectivity index (χ0n) is 15.9. The average Bonchev–Trinajstić information content (AvgIpc) is 2.74. The molecule has 4 aromatic carbocycles. The Hall–Kier alpha value is -3.21. The second-order valence-electron chi connectivity index (χ2n) is 6.87. The van der Waals surface area contributed by atoms with Crippen LogP contribution < -0.4 is 0 Å². The molecular weight excluding hydrogens is 380 g/mol. The number of rotatable bonds is 4. The molecule has 0 spiro atoms. The van der Waals surface area contributed by atoms with Gasteiger partial charge in [0.1, 0.15) is 4.90 Å². The average molecular weight is 400 g/mol. The molecule has 0 saturated heterocycles. The lowest BCUT2D eigenvalue weighted by Gasteiger charge is -2.20. The summed E-state index contributed by atoms with van der Waals surface area (Å²) in [5, 5.41) is 0. The highest BCUT2D eigenvalue weighted by Crippen LogP contribution is 2.43. The van der Waals surface area contributed by atoms with Gasteiger partial charge in [0.25, 0.3) is 10.1 Å². The van der Waals surface area contributed by atoms with E-state index in [-0.39, 0.29) is 4.90 Å². The number of hydrogen-bond acceptors (Lipinski definition) is 2. The fourth-order valence-electron chi connectivity index (χ4n) is 3.73. The van der Waals surface area contributed by atoms with Crippen LogP contribution in [0.1, 0.15) is 5.56 Å². The van der Waals surface area contributed by atoms with E-state index in [2.05, 4.69) is 0 Å². The molecule has 1 N–H and O–H groups in total. The summed E-state index contributed by atoms with van der Waals surface area (Å²) in [6.07, 6.45) is 0. The van der Waals surface area contributed by atoms with Crippen LogP contribution >= 0.6 is 0 Å². The topological polar surface area (TPSA) is 54.4 Å². The molecule has 0 aliphatic carbocycles. The first kappa shape index (κ1) is 19.1. The lowest BCUT2D eigenvalue weighted by atomic mass is 9.86. The van der Waals surface area contributed by atoms with E-state index < -0.39 is 10.1 Å². The van der Waals surface area contributed by atoms with Crippen LogP contribution in [-0.4, -0.2) is 13.0 Å². The van der Waals surface area contributed by atoms with Crippen LogP contribution in [0.2, 0.25) is 0 Å². The standard InChI is InChI=1S/C25H20O3S/c1-18-22(19-11-5-2-6-12-19)17-23(29(26,27)28)25(21-15-9-4-10-16-21)24(18)20-13-7-3-8-14-20/h2-17H,1H3,(H,26,27,28). The third kappa shape index (κ3) is 3.73. The van der Waals surface area contributed by atoms with E-state index in [1.54, 1.807) is 6.07 Å². The van der Waals surface area contributed by atoms with Crippen LogP contribution in [0.15, 0.2) is 102 Å². The summed E-state index contributed by atoms with van der Waals surface area (Å²) in [5.41, 5.74) is 5.56. The molecule has 0 radical (unpaired) electrons. The van der Waals surface area contributed by atoms with E-state index in [1.807, 2.05) is 97.9 Å². The highest BCUT2D eigenvalue weighted by Gasteiger charge is 2.25. The molecule has 4 rings (SSSR count). The molecule has 0 fully saturated rings. The summed E-state index contributed by atoms with van der Waals surface area (Å²) in [5.74, 6) is 0. The molecule has 0 aliphatic heterocycles. The van der Waals surface area contributed by atoms with Crippen molar-refractivity contribution in [3.63, 3.8) is 0 Å². The Labute approximate surface area is 171 Å². The predicted octanol–water partition coefficient (Wildman–Crippen LogP) is 6.24. The second kappa shape index (κ2) is 7.66. The molecular formula is C25H20O3S. The van der Waals surface area contributed by atoms with Gasteiger partial charge in [-0.1, -0.05) is 91.0 Å². The summed E-state index contributed by atoms with van der Waals surface area (Å²) in [4.78, 5) is -0.0907. The molecule has 0 bridgehead atoms. The molecule has 29 heavy (non-hydrogen) atoms. The van der Waals surface area contributed by atoms with Crippen LogP contribution in [0.25, 0.3) is 33.4 Å². The molecule has 4 aromatic rings. The van der Waals surface area contributed by atoms with Gasteiger partial charge in [-0.2, -0.15) is 8.42 Å². The molecule has 0 aliphatic rings. The first-order valence-electron chi connectivity index (χ1n) is 9.28. The van der Waals surface area contributed by atoms with Gasteiger partial charge in [-0.05, 0) is 46.4 Å². The Morgan fingerprint density at radius 2 is 1.03 bits per heavy atom. The first-order valence-corrected chi connectivity index (χ1v) is 10.7. The fraction of sp³-hybridized carbons (Fsp3) is 0.0400. The zero-order chi connectivity index (χ0) is 20.4. The molecule has 3 nitrogen and oxygen atoms in total. The maximum absolute atomic E-state index is 12.5. The summed E-state index contributed by atoms with van der Waals surface area (Å²) < 4.78 is 35.1. The van der Waals surface area contributed by atoms with Gasteiger partial charge in [-0.15, -0.1) is 0 Å².